The summed E-state index contributed by atoms with van der Waals surface area (Å²) in [7, 11) is 2.01. The molecule has 0 unspecified atom stereocenters. The summed E-state index contributed by atoms with van der Waals surface area (Å²) in [6.45, 7) is 2.10. The van der Waals surface area contributed by atoms with Crippen molar-refractivity contribution >= 4 is 18.3 Å². The summed E-state index contributed by atoms with van der Waals surface area (Å²) in [6.07, 6.45) is 12.2. The Morgan fingerprint density at radius 1 is 1.33 bits per heavy atom. The van der Waals surface area contributed by atoms with Gasteiger partial charge in [0.1, 0.15) is 5.69 Å². The molecule has 0 saturated carbocycles. The first-order valence-electron chi connectivity index (χ1n) is 9.60. The maximum Gasteiger partial charge on any atom is 0.170 e. The second kappa shape index (κ2) is 9.92. The van der Waals surface area contributed by atoms with E-state index < -0.39 is 0 Å². The second-order valence-electron chi connectivity index (χ2n) is 6.97. The average Bonchev–Trinajstić information content (AvgIpc) is 2.73. The Bertz CT molecular complexity index is 756. The van der Waals surface area contributed by atoms with E-state index in [-0.39, 0.29) is 0 Å². The summed E-state index contributed by atoms with van der Waals surface area (Å²) in [6, 6.07) is 8.12. The number of carbonyl (C=O) groups is 1. The van der Waals surface area contributed by atoms with Gasteiger partial charge in [0, 0.05) is 37.6 Å². The van der Waals surface area contributed by atoms with Gasteiger partial charge in [0.15, 0.2) is 6.29 Å². The van der Waals surface area contributed by atoms with E-state index >= 15 is 0 Å². The third-order valence-electron chi connectivity index (χ3n) is 4.84. The van der Waals surface area contributed by atoms with Crippen molar-refractivity contribution in [2.45, 2.75) is 38.1 Å². The molecule has 27 heavy (non-hydrogen) atoms. The molecule has 0 spiro atoms. The highest BCUT2D eigenvalue weighted by atomic mass is 16.1. The van der Waals surface area contributed by atoms with E-state index in [1.54, 1.807) is 18.7 Å². The predicted molar refractivity (Wildman–Crippen MR) is 109 cm³/mol. The molecule has 1 N–H and O–H groups in total. The molecule has 0 bridgehead atoms. The Morgan fingerprint density at radius 2 is 2.26 bits per heavy atom. The van der Waals surface area contributed by atoms with Crippen molar-refractivity contribution in [2.75, 3.05) is 20.1 Å². The van der Waals surface area contributed by atoms with Crippen LogP contribution in [0.3, 0.4) is 0 Å². The number of nitrogens with zero attached hydrogens (tertiary/aromatic N) is 4. The molecule has 1 saturated heterocycles. The lowest BCUT2D eigenvalue weighted by molar-refractivity contribution is 0.112. The lowest BCUT2D eigenvalue weighted by Crippen LogP contribution is -2.34. The molecule has 2 aromatic rings. The van der Waals surface area contributed by atoms with Crippen LogP contribution in [0.25, 0.3) is 11.3 Å². The first kappa shape index (κ1) is 19.2. The van der Waals surface area contributed by atoms with Gasteiger partial charge in [-0.05, 0) is 56.5 Å². The van der Waals surface area contributed by atoms with Crippen LogP contribution in [0.4, 0.5) is 5.69 Å². The molecule has 1 atom stereocenters. The first-order valence-corrected chi connectivity index (χ1v) is 9.60. The molecule has 0 radical (unpaired) electrons. The third kappa shape index (κ3) is 5.69. The fraction of sp³-hybridized carbons (Fsp3) is 0.429. The standard InChI is InChI=1S/C21H27N5O/c1-26(13-5-8-18-7-2-3-12-23-18)16-24-20-10-9-19(25-21(20)15-27)17-6-4-11-22-14-17/h4,6,9-11,14-16,18,23H,2-3,5,7-8,12-13H2,1H3/t18-/m0/s1. The van der Waals surface area contributed by atoms with Crippen LogP contribution < -0.4 is 5.32 Å². The summed E-state index contributed by atoms with van der Waals surface area (Å²) in [4.78, 5) is 26.5. The van der Waals surface area contributed by atoms with Gasteiger partial charge in [0.2, 0.25) is 0 Å². The molecular formula is C21H27N5O. The van der Waals surface area contributed by atoms with Crippen molar-refractivity contribution in [1.82, 2.24) is 20.2 Å². The average molecular weight is 365 g/mol. The molecule has 6 heteroatoms. The topological polar surface area (TPSA) is 70.5 Å². The van der Waals surface area contributed by atoms with Gasteiger partial charge >= 0.3 is 0 Å². The summed E-state index contributed by atoms with van der Waals surface area (Å²) in [5.74, 6) is 0. The van der Waals surface area contributed by atoms with Crippen molar-refractivity contribution in [3.05, 3.63) is 42.4 Å². The van der Waals surface area contributed by atoms with Crippen molar-refractivity contribution in [2.24, 2.45) is 4.99 Å². The Hall–Kier alpha value is -2.60. The highest BCUT2D eigenvalue weighted by Crippen LogP contribution is 2.22. The highest BCUT2D eigenvalue weighted by Gasteiger charge is 2.12. The number of carbonyl (C=O) groups excluding carboxylic acids is 1. The molecule has 3 heterocycles. The molecule has 1 aliphatic rings. The third-order valence-corrected chi connectivity index (χ3v) is 4.84. The van der Waals surface area contributed by atoms with Crippen LogP contribution in [0.2, 0.25) is 0 Å². The minimum atomic E-state index is 0.340. The quantitative estimate of drug-likeness (QED) is 0.441. The zero-order valence-corrected chi connectivity index (χ0v) is 15.8. The van der Waals surface area contributed by atoms with Gasteiger partial charge in [-0.25, -0.2) is 9.98 Å². The molecule has 142 valence electrons. The van der Waals surface area contributed by atoms with Crippen LogP contribution >= 0.6 is 0 Å². The van der Waals surface area contributed by atoms with E-state index in [0.717, 1.165) is 37.1 Å². The SMILES string of the molecule is CN(C=Nc1ccc(-c2cccnc2)nc1C=O)CCC[C@@H]1CCCCN1. The number of pyridine rings is 2. The number of hydrogen-bond donors (Lipinski definition) is 1. The van der Waals surface area contributed by atoms with Gasteiger partial charge in [0.25, 0.3) is 0 Å². The zero-order valence-electron chi connectivity index (χ0n) is 15.8. The molecule has 1 fully saturated rings. The van der Waals surface area contributed by atoms with Gasteiger partial charge in [-0.3, -0.25) is 9.78 Å². The summed E-state index contributed by atoms with van der Waals surface area (Å²) >= 11 is 0. The Morgan fingerprint density at radius 3 is 3.00 bits per heavy atom. The molecule has 3 rings (SSSR count). The normalized spacial score (nSPS) is 17.1. The zero-order chi connectivity index (χ0) is 18.9. The van der Waals surface area contributed by atoms with E-state index in [1.807, 2.05) is 31.3 Å². The summed E-state index contributed by atoms with van der Waals surface area (Å²) in [5, 5.41) is 3.58. The summed E-state index contributed by atoms with van der Waals surface area (Å²) in [5.41, 5.74) is 2.52. The van der Waals surface area contributed by atoms with Gasteiger partial charge in [-0.2, -0.15) is 0 Å². The Kier molecular flexibility index (Phi) is 7.04. The van der Waals surface area contributed by atoms with Gasteiger partial charge in [-0.1, -0.05) is 6.42 Å². The number of nitrogens with one attached hydrogen (secondary N) is 1. The van der Waals surface area contributed by atoms with Crippen molar-refractivity contribution in [3.8, 4) is 11.3 Å². The number of hydrogen-bond acceptors (Lipinski definition) is 5. The molecule has 2 aromatic heterocycles. The Balaban J connectivity index is 1.56. The second-order valence-corrected chi connectivity index (χ2v) is 6.97. The highest BCUT2D eigenvalue weighted by molar-refractivity contribution is 5.83. The lowest BCUT2D eigenvalue weighted by atomic mass is 10.0. The van der Waals surface area contributed by atoms with Gasteiger partial charge in [0.05, 0.1) is 17.7 Å². The first-order chi connectivity index (χ1) is 13.3. The van der Waals surface area contributed by atoms with Crippen molar-refractivity contribution < 1.29 is 4.79 Å². The number of piperidine rings is 1. The maximum atomic E-state index is 11.4. The van der Waals surface area contributed by atoms with Crippen molar-refractivity contribution in [3.63, 3.8) is 0 Å². The fourth-order valence-corrected chi connectivity index (χ4v) is 3.31. The molecule has 0 amide bonds. The fourth-order valence-electron chi connectivity index (χ4n) is 3.31. The van der Waals surface area contributed by atoms with Gasteiger partial charge < -0.3 is 10.2 Å². The van der Waals surface area contributed by atoms with Crippen LogP contribution in [-0.4, -0.2) is 53.7 Å². The van der Waals surface area contributed by atoms with Crippen LogP contribution in [0, 0.1) is 0 Å². The monoisotopic (exact) mass is 365 g/mol. The number of aromatic nitrogens is 2. The molecule has 6 nitrogen and oxygen atoms in total. The van der Waals surface area contributed by atoms with Crippen LogP contribution in [-0.2, 0) is 0 Å². The molecule has 0 aromatic carbocycles. The predicted octanol–water partition coefficient (Wildman–Crippen LogP) is 3.47. The van der Waals surface area contributed by atoms with E-state index in [0.29, 0.717) is 17.4 Å². The van der Waals surface area contributed by atoms with E-state index in [2.05, 4.69) is 25.2 Å². The lowest BCUT2D eigenvalue weighted by Gasteiger charge is -2.24. The number of rotatable bonds is 8. The van der Waals surface area contributed by atoms with Gasteiger partial charge in [-0.15, -0.1) is 0 Å². The smallest absolute Gasteiger partial charge is 0.170 e. The summed E-state index contributed by atoms with van der Waals surface area (Å²) < 4.78 is 0. The van der Waals surface area contributed by atoms with Crippen LogP contribution in [0.5, 0.6) is 0 Å². The van der Waals surface area contributed by atoms with E-state index in [4.69, 9.17) is 0 Å². The molecular weight excluding hydrogens is 338 g/mol. The van der Waals surface area contributed by atoms with E-state index in [1.165, 1.54) is 25.7 Å². The minimum Gasteiger partial charge on any atom is -0.366 e. The van der Waals surface area contributed by atoms with Crippen LogP contribution in [0.1, 0.15) is 42.6 Å². The largest absolute Gasteiger partial charge is 0.366 e. The number of aliphatic imine (C=N–C) groups is 1. The van der Waals surface area contributed by atoms with E-state index in [9.17, 15) is 4.79 Å². The molecule has 1 aliphatic heterocycles. The Labute approximate surface area is 160 Å². The van der Waals surface area contributed by atoms with Crippen molar-refractivity contribution in [1.29, 1.82) is 0 Å². The van der Waals surface area contributed by atoms with Crippen LogP contribution in [0.15, 0.2) is 41.7 Å². The number of aldehydes is 1. The minimum absolute atomic E-state index is 0.340. The maximum absolute atomic E-state index is 11.4. The molecule has 0 aliphatic carbocycles.